The molecule has 3 rings (SSSR count). The molecule has 1 aromatic heterocycles. The predicted molar refractivity (Wildman–Crippen MR) is 117 cm³/mol. The van der Waals surface area contributed by atoms with Gasteiger partial charge in [-0.15, -0.1) is 0 Å². The second-order valence-electron chi connectivity index (χ2n) is 7.22. The third-order valence-corrected chi connectivity index (χ3v) is 5.61. The number of ether oxygens (including phenoxy) is 1. The largest absolute Gasteiger partial charge is 0.492 e. The molecule has 0 aliphatic rings. The van der Waals surface area contributed by atoms with Crippen molar-refractivity contribution >= 4 is 32.6 Å². The topological polar surface area (TPSA) is 45.7 Å². The van der Waals surface area contributed by atoms with Gasteiger partial charge in [0.25, 0.3) is 5.91 Å². The molecule has 0 atom stereocenters. The number of nitrogens with zero attached hydrogens (tertiary/aromatic N) is 3. The maximum atomic E-state index is 13.3. The van der Waals surface area contributed by atoms with Gasteiger partial charge in [0.05, 0.1) is 16.9 Å². The van der Waals surface area contributed by atoms with E-state index in [0.717, 1.165) is 23.4 Å². The molecule has 1 heterocycles. The summed E-state index contributed by atoms with van der Waals surface area (Å²) in [6.45, 7) is 3.40. The van der Waals surface area contributed by atoms with Crippen molar-refractivity contribution in [3.63, 3.8) is 0 Å². The zero-order chi connectivity index (χ0) is 22.6. The van der Waals surface area contributed by atoms with E-state index in [1.807, 2.05) is 38.1 Å². The first-order chi connectivity index (χ1) is 14.7. The summed E-state index contributed by atoms with van der Waals surface area (Å²) in [5, 5.41) is 0.434. The Balaban J connectivity index is 1.99. The highest BCUT2D eigenvalue weighted by Gasteiger charge is 2.32. The van der Waals surface area contributed by atoms with Crippen LogP contribution in [0.5, 0.6) is 5.75 Å². The number of para-hydroxylation sites is 1. The molecule has 0 N–H and O–H groups in total. The van der Waals surface area contributed by atoms with E-state index in [1.165, 1.54) is 28.4 Å². The van der Waals surface area contributed by atoms with Crippen LogP contribution in [0.1, 0.15) is 29.3 Å². The Bertz CT molecular complexity index is 1050. The van der Waals surface area contributed by atoms with E-state index in [2.05, 4.69) is 4.98 Å². The van der Waals surface area contributed by atoms with Gasteiger partial charge in [0.1, 0.15) is 11.3 Å². The highest BCUT2D eigenvalue weighted by atomic mass is 32.1. The number of aromatic nitrogens is 1. The summed E-state index contributed by atoms with van der Waals surface area (Å²) in [5.41, 5.74) is -0.239. The number of thiazole rings is 1. The van der Waals surface area contributed by atoms with Gasteiger partial charge in [0.2, 0.25) is 0 Å². The van der Waals surface area contributed by atoms with Crippen molar-refractivity contribution in [1.29, 1.82) is 0 Å². The molecule has 0 saturated carbocycles. The number of amides is 1. The number of hydrogen-bond acceptors (Lipinski definition) is 5. The van der Waals surface area contributed by atoms with Crippen LogP contribution in [0.25, 0.3) is 10.2 Å². The summed E-state index contributed by atoms with van der Waals surface area (Å²) in [4.78, 5) is 21.3. The summed E-state index contributed by atoms with van der Waals surface area (Å²) in [6, 6.07) is 10.0. The Morgan fingerprint density at radius 1 is 1.13 bits per heavy atom. The maximum Gasteiger partial charge on any atom is 0.416 e. The van der Waals surface area contributed by atoms with E-state index in [-0.39, 0.29) is 5.56 Å². The van der Waals surface area contributed by atoms with Crippen LogP contribution >= 0.6 is 11.3 Å². The lowest BCUT2D eigenvalue weighted by atomic mass is 10.1. The molecule has 5 nitrogen and oxygen atoms in total. The summed E-state index contributed by atoms with van der Waals surface area (Å²) < 4.78 is 45.9. The first-order valence-corrected chi connectivity index (χ1v) is 10.7. The summed E-state index contributed by atoms with van der Waals surface area (Å²) in [7, 11) is 3.84. The van der Waals surface area contributed by atoms with Crippen molar-refractivity contribution < 1.29 is 22.7 Å². The third-order valence-electron chi connectivity index (χ3n) is 4.57. The van der Waals surface area contributed by atoms with Gasteiger partial charge in [0, 0.05) is 12.1 Å². The van der Waals surface area contributed by atoms with Crippen LogP contribution in [0.3, 0.4) is 0 Å². The molecule has 166 valence electrons. The normalized spacial score (nSPS) is 11.8. The molecule has 1 amide bonds. The molecule has 3 aromatic rings. The van der Waals surface area contributed by atoms with Crippen molar-refractivity contribution in [2.24, 2.45) is 0 Å². The highest BCUT2D eigenvalue weighted by molar-refractivity contribution is 7.22. The molecule has 0 radical (unpaired) electrons. The SMILES string of the molecule is CCOc1cccc2sc(N(CCCN(C)C)C(=O)c3cccc(C(F)(F)F)c3)nc12. The zero-order valence-electron chi connectivity index (χ0n) is 17.6. The Kier molecular flexibility index (Phi) is 7.17. The van der Waals surface area contributed by atoms with E-state index in [9.17, 15) is 18.0 Å². The van der Waals surface area contributed by atoms with Crippen LogP contribution in [0, 0.1) is 0 Å². The average Bonchev–Trinajstić information content (AvgIpc) is 3.15. The number of fused-ring (bicyclic) bond motifs is 1. The smallest absolute Gasteiger partial charge is 0.416 e. The Morgan fingerprint density at radius 3 is 2.55 bits per heavy atom. The minimum atomic E-state index is -4.52. The Morgan fingerprint density at radius 2 is 1.87 bits per heavy atom. The van der Waals surface area contributed by atoms with Crippen LogP contribution in [-0.4, -0.2) is 49.6 Å². The Hall–Kier alpha value is -2.65. The van der Waals surface area contributed by atoms with Crippen LogP contribution in [-0.2, 0) is 6.18 Å². The number of halogens is 3. The van der Waals surface area contributed by atoms with Crippen molar-refractivity contribution in [2.75, 3.05) is 38.7 Å². The average molecular weight is 452 g/mol. The summed E-state index contributed by atoms with van der Waals surface area (Å²) in [5.74, 6) is 0.101. The Labute approximate surface area is 183 Å². The van der Waals surface area contributed by atoms with Crippen molar-refractivity contribution in [3.05, 3.63) is 53.6 Å². The predicted octanol–water partition coefficient (Wildman–Crippen LogP) is 5.31. The lowest BCUT2D eigenvalue weighted by Gasteiger charge is -2.21. The minimum absolute atomic E-state index is 0.0241. The fraction of sp³-hybridized carbons (Fsp3) is 0.364. The van der Waals surface area contributed by atoms with E-state index in [0.29, 0.717) is 36.0 Å². The molecule has 31 heavy (non-hydrogen) atoms. The van der Waals surface area contributed by atoms with E-state index in [1.54, 1.807) is 6.07 Å². The van der Waals surface area contributed by atoms with Crippen LogP contribution < -0.4 is 9.64 Å². The van der Waals surface area contributed by atoms with E-state index >= 15 is 0 Å². The fourth-order valence-corrected chi connectivity index (χ4v) is 4.12. The lowest BCUT2D eigenvalue weighted by Crippen LogP contribution is -2.33. The van der Waals surface area contributed by atoms with Crippen LogP contribution in [0.4, 0.5) is 18.3 Å². The zero-order valence-corrected chi connectivity index (χ0v) is 18.4. The number of carbonyl (C=O) groups is 1. The molecule has 0 aliphatic carbocycles. The molecule has 0 aliphatic heterocycles. The van der Waals surface area contributed by atoms with Gasteiger partial charge in [-0.2, -0.15) is 13.2 Å². The number of alkyl halides is 3. The molecule has 0 unspecified atom stereocenters. The first kappa shape index (κ1) is 23.0. The highest BCUT2D eigenvalue weighted by Crippen LogP contribution is 2.35. The number of rotatable bonds is 8. The minimum Gasteiger partial charge on any atom is -0.492 e. The monoisotopic (exact) mass is 451 g/mol. The maximum absolute atomic E-state index is 13.3. The standard InChI is InChI=1S/C22H24F3N3O2S/c1-4-30-17-10-6-11-18-19(17)26-21(31-18)28(13-7-12-27(2)3)20(29)15-8-5-9-16(14-15)22(23,24)25/h5-6,8-11,14H,4,7,12-13H2,1-3H3. The van der Waals surface area contributed by atoms with Gasteiger partial charge >= 0.3 is 6.18 Å². The van der Waals surface area contributed by atoms with Crippen molar-refractivity contribution in [3.8, 4) is 5.75 Å². The molecule has 0 spiro atoms. The number of hydrogen-bond donors (Lipinski definition) is 0. The van der Waals surface area contributed by atoms with E-state index < -0.39 is 17.6 Å². The molecular weight excluding hydrogens is 427 g/mol. The van der Waals surface area contributed by atoms with Crippen LogP contribution in [0.2, 0.25) is 0 Å². The molecule has 0 fully saturated rings. The van der Waals surface area contributed by atoms with Crippen molar-refractivity contribution in [1.82, 2.24) is 9.88 Å². The van der Waals surface area contributed by atoms with Crippen molar-refractivity contribution in [2.45, 2.75) is 19.5 Å². The van der Waals surface area contributed by atoms with Gasteiger partial charge in [-0.25, -0.2) is 4.98 Å². The third kappa shape index (κ3) is 5.54. The molecule has 0 bridgehead atoms. The number of benzene rings is 2. The fourth-order valence-electron chi connectivity index (χ4n) is 3.11. The second-order valence-corrected chi connectivity index (χ2v) is 8.23. The lowest BCUT2D eigenvalue weighted by molar-refractivity contribution is -0.137. The van der Waals surface area contributed by atoms with Gasteiger partial charge in [-0.1, -0.05) is 23.5 Å². The molecular formula is C22H24F3N3O2S. The van der Waals surface area contributed by atoms with Gasteiger partial charge in [-0.05, 0) is 64.3 Å². The first-order valence-electron chi connectivity index (χ1n) is 9.87. The van der Waals surface area contributed by atoms with Gasteiger partial charge in [-0.3, -0.25) is 9.69 Å². The molecule has 2 aromatic carbocycles. The van der Waals surface area contributed by atoms with Gasteiger partial charge < -0.3 is 9.64 Å². The molecule has 9 heteroatoms. The quantitative estimate of drug-likeness (QED) is 0.466. The van der Waals surface area contributed by atoms with Gasteiger partial charge in [0.15, 0.2) is 5.13 Å². The van der Waals surface area contributed by atoms with E-state index in [4.69, 9.17) is 4.74 Å². The second kappa shape index (κ2) is 9.65. The summed E-state index contributed by atoms with van der Waals surface area (Å²) >= 11 is 1.32. The summed E-state index contributed by atoms with van der Waals surface area (Å²) in [6.07, 6.45) is -3.87. The number of anilines is 1. The molecule has 0 saturated heterocycles. The number of carbonyl (C=O) groups excluding carboxylic acids is 1. The van der Waals surface area contributed by atoms with Crippen LogP contribution in [0.15, 0.2) is 42.5 Å².